The van der Waals surface area contributed by atoms with Gasteiger partial charge in [0.05, 0.1) is 0 Å². The van der Waals surface area contributed by atoms with Crippen LogP contribution >= 0.6 is 0 Å². The largest absolute Gasteiger partial charge is 4.00 e. The molecule has 5 aromatic rings. The van der Waals surface area contributed by atoms with E-state index in [-0.39, 0.29) is 46.4 Å². The van der Waals surface area contributed by atoms with E-state index in [1.54, 1.807) is 85.5 Å². The predicted octanol–water partition coefficient (Wildman–Crippen LogP) is 1.65. The van der Waals surface area contributed by atoms with Crippen LogP contribution in [0.1, 0.15) is 11.4 Å². The van der Waals surface area contributed by atoms with Crippen LogP contribution in [-0.2, 0) is 34.9 Å². The van der Waals surface area contributed by atoms with E-state index < -0.39 is 0 Å². The summed E-state index contributed by atoms with van der Waals surface area (Å²) in [5.41, 5.74) is 13.0. The molecule has 39 heavy (non-hydrogen) atoms. The summed E-state index contributed by atoms with van der Waals surface area (Å²) in [7, 11) is 0. The first-order valence-corrected chi connectivity index (χ1v) is 11.3. The number of benzene rings is 2. The molecule has 5 rings (SSSR count). The molecule has 0 aliphatic rings. The van der Waals surface area contributed by atoms with Gasteiger partial charge < -0.3 is 31.9 Å². The Balaban J connectivity index is 0.000000461. The fourth-order valence-corrected chi connectivity index (χ4v) is 2.22. The zero-order chi connectivity index (χ0) is 27.8. The molecule has 0 atom stereocenters. The molecule has 0 aliphatic carbocycles. The quantitative estimate of drug-likeness (QED) is 0.240. The number of pyridine rings is 3. The average molecular weight is 559 g/mol. The van der Waals surface area contributed by atoms with Gasteiger partial charge in [0.2, 0.25) is 0 Å². The van der Waals surface area contributed by atoms with Gasteiger partial charge in [-0.05, 0) is 60.7 Å². The molecule has 2 aromatic carbocycles. The summed E-state index contributed by atoms with van der Waals surface area (Å²) in [5, 5.41) is 40.9. The SMILES string of the molecule is Nc1ccc([O-])cc1.Nc1ccc([O-])cc1.[O-]Cc1ccccn1.[O-]Cc1ccccn1.[Ti+4].c1ccncc1. The first-order valence-electron chi connectivity index (χ1n) is 11.3. The van der Waals surface area contributed by atoms with Crippen LogP contribution in [0.25, 0.3) is 0 Å². The smallest absolute Gasteiger partial charge is 0.872 e. The standard InChI is InChI=1S/2C6H7NO.2C6H6NO.C5H5N.Ti/c2*7-5-1-3-6(8)4-2-5;2*8-5-6-3-1-2-4-7-6;1-2-4-6-5-3-1;/h2*1-4,8H,7H2;2*1-4H,5H2;1-5H;/q;;2*-1;;+4/p-2. The van der Waals surface area contributed by atoms with E-state index in [1.165, 1.54) is 24.3 Å². The maximum Gasteiger partial charge on any atom is 4.00 e. The molecule has 0 unspecified atom stereocenters. The summed E-state index contributed by atoms with van der Waals surface area (Å²) in [6.07, 6.45) is 6.74. The Morgan fingerprint density at radius 1 is 0.487 bits per heavy atom. The van der Waals surface area contributed by atoms with Crippen molar-refractivity contribution >= 4 is 11.4 Å². The Labute approximate surface area is 243 Å². The molecule has 10 heteroatoms. The molecule has 0 bridgehead atoms. The summed E-state index contributed by atoms with van der Waals surface area (Å²) < 4.78 is 0. The Bertz CT molecular complexity index is 1050. The third kappa shape index (κ3) is 19.5. The third-order valence-corrected chi connectivity index (χ3v) is 4.07. The van der Waals surface area contributed by atoms with Gasteiger partial charge in [-0.2, -0.15) is 0 Å². The van der Waals surface area contributed by atoms with Crippen molar-refractivity contribution in [3.63, 3.8) is 0 Å². The van der Waals surface area contributed by atoms with Gasteiger partial charge in [0, 0.05) is 47.6 Å². The van der Waals surface area contributed by atoms with E-state index in [0.29, 0.717) is 22.8 Å². The Hall–Kier alpha value is -4.28. The second-order valence-corrected chi connectivity index (χ2v) is 7.09. The van der Waals surface area contributed by atoms with Crippen LogP contribution in [0.15, 0.2) is 128 Å². The van der Waals surface area contributed by atoms with Crippen molar-refractivity contribution in [1.29, 1.82) is 0 Å². The Kier molecular flexibility index (Phi) is 20.4. The van der Waals surface area contributed by atoms with Gasteiger partial charge >= 0.3 is 21.7 Å². The molecule has 0 radical (unpaired) electrons. The molecule has 0 aliphatic heterocycles. The summed E-state index contributed by atoms with van der Waals surface area (Å²) >= 11 is 0. The second-order valence-electron chi connectivity index (χ2n) is 7.09. The van der Waals surface area contributed by atoms with Crippen molar-refractivity contribution in [2.45, 2.75) is 13.2 Å². The van der Waals surface area contributed by atoms with Gasteiger partial charge in [-0.1, -0.05) is 55.7 Å². The first kappa shape index (κ1) is 34.7. The number of rotatable bonds is 2. The van der Waals surface area contributed by atoms with Crippen LogP contribution in [0.3, 0.4) is 0 Å². The van der Waals surface area contributed by atoms with E-state index in [9.17, 15) is 20.4 Å². The minimum Gasteiger partial charge on any atom is -0.872 e. The molecule has 9 nitrogen and oxygen atoms in total. The van der Waals surface area contributed by atoms with Gasteiger partial charge in [-0.25, -0.2) is 0 Å². The maximum absolute atomic E-state index is 10.4. The number of nitrogens with two attached hydrogens (primary N) is 2. The van der Waals surface area contributed by atoms with E-state index in [2.05, 4.69) is 15.0 Å². The number of hydrogen-bond donors (Lipinski definition) is 2. The fraction of sp³-hybridized carbons (Fsp3) is 0.0690. The van der Waals surface area contributed by atoms with Crippen LogP contribution in [0.5, 0.6) is 11.5 Å². The summed E-state index contributed by atoms with van der Waals surface area (Å²) in [5.74, 6) is -0.00148. The number of nitrogen functional groups attached to an aromatic ring is 2. The van der Waals surface area contributed by atoms with Crippen LogP contribution < -0.4 is 31.9 Å². The molecule has 4 N–H and O–H groups in total. The van der Waals surface area contributed by atoms with Crippen molar-refractivity contribution in [2.75, 3.05) is 11.5 Å². The number of anilines is 2. The molecule has 0 spiro atoms. The van der Waals surface area contributed by atoms with Crippen molar-refractivity contribution in [3.8, 4) is 11.5 Å². The molecular formula is C29H29N5O4Ti. The number of nitrogens with zero attached hydrogens (tertiary/aromatic N) is 3. The van der Waals surface area contributed by atoms with Crippen molar-refractivity contribution in [3.05, 3.63) is 139 Å². The molecule has 0 saturated heterocycles. The van der Waals surface area contributed by atoms with E-state index in [0.717, 1.165) is 0 Å². The molecule has 3 heterocycles. The van der Waals surface area contributed by atoms with E-state index in [1.807, 2.05) is 18.2 Å². The minimum atomic E-state index is -0.221. The summed E-state index contributed by atoms with van der Waals surface area (Å²) in [4.78, 5) is 11.4. The first-order chi connectivity index (χ1) is 18.4. The predicted molar refractivity (Wildman–Crippen MR) is 141 cm³/mol. The van der Waals surface area contributed by atoms with Crippen molar-refractivity contribution in [1.82, 2.24) is 15.0 Å². The van der Waals surface area contributed by atoms with Crippen LogP contribution in [0, 0.1) is 0 Å². The molecule has 0 saturated carbocycles. The molecule has 0 fully saturated rings. The molecular weight excluding hydrogens is 530 g/mol. The van der Waals surface area contributed by atoms with Gasteiger partial charge in [0.15, 0.2) is 0 Å². The number of aromatic nitrogens is 3. The van der Waals surface area contributed by atoms with Gasteiger partial charge in [0.25, 0.3) is 0 Å². The average Bonchev–Trinajstić information content (AvgIpc) is 2.99. The van der Waals surface area contributed by atoms with Crippen molar-refractivity contribution < 1.29 is 42.1 Å². The Morgan fingerprint density at radius 3 is 1.03 bits per heavy atom. The fourth-order valence-electron chi connectivity index (χ4n) is 2.22. The summed E-state index contributed by atoms with van der Waals surface area (Å²) in [6.45, 7) is -0.443. The summed E-state index contributed by atoms with van der Waals surface area (Å²) in [6, 6.07) is 28.4. The molecule has 198 valence electrons. The minimum absolute atomic E-state index is 0. The van der Waals surface area contributed by atoms with Crippen LogP contribution in [0.2, 0.25) is 0 Å². The van der Waals surface area contributed by atoms with Crippen molar-refractivity contribution in [2.24, 2.45) is 0 Å². The molecule has 3 aromatic heterocycles. The zero-order valence-corrected chi connectivity index (χ0v) is 22.7. The van der Waals surface area contributed by atoms with Crippen LogP contribution in [0.4, 0.5) is 11.4 Å². The maximum atomic E-state index is 10.4. The normalized spacial score (nSPS) is 8.67. The zero-order valence-electron chi connectivity index (χ0n) is 21.2. The van der Waals surface area contributed by atoms with Gasteiger partial charge in [-0.3, -0.25) is 15.0 Å². The van der Waals surface area contributed by atoms with Gasteiger partial charge in [0.1, 0.15) is 0 Å². The van der Waals surface area contributed by atoms with Crippen LogP contribution in [-0.4, -0.2) is 15.0 Å². The Morgan fingerprint density at radius 2 is 0.846 bits per heavy atom. The second kappa shape index (κ2) is 22.9. The van der Waals surface area contributed by atoms with E-state index in [4.69, 9.17) is 11.5 Å². The van der Waals surface area contributed by atoms with E-state index >= 15 is 0 Å². The topological polar surface area (TPSA) is 183 Å². The van der Waals surface area contributed by atoms with Gasteiger partial charge in [-0.15, -0.1) is 11.5 Å². The third-order valence-electron chi connectivity index (χ3n) is 4.07. The number of hydrogen-bond acceptors (Lipinski definition) is 9. The molecule has 0 amide bonds. The monoisotopic (exact) mass is 559 g/mol.